The molecule has 0 saturated heterocycles. The number of halogens is 1. The van der Waals surface area contributed by atoms with Crippen molar-refractivity contribution in [1.29, 1.82) is 0 Å². The lowest BCUT2D eigenvalue weighted by molar-refractivity contribution is 0.422. The van der Waals surface area contributed by atoms with E-state index in [2.05, 4.69) is 9.97 Å². The number of aryl methyl sites for hydroxylation is 1. The summed E-state index contributed by atoms with van der Waals surface area (Å²) in [5.41, 5.74) is 2.02. The molecule has 0 unspecified atom stereocenters. The van der Waals surface area contributed by atoms with E-state index >= 15 is 0 Å². The van der Waals surface area contributed by atoms with E-state index in [0.717, 1.165) is 11.1 Å². The summed E-state index contributed by atoms with van der Waals surface area (Å²) < 4.78 is 26.6. The topological polar surface area (TPSA) is 63.2 Å². The second-order valence-corrected chi connectivity index (χ2v) is 6.82. The Labute approximate surface area is 129 Å². The number of hydrogen-bond acceptors (Lipinski definition) is 4. The monoisotopic (exact) mass is 325 g/mol. The Balaban J connectivity index is 2.32. The lowest BCUT2D eigenvalue weighted by Crippen LogP contribution is -2.30. The van der Waals surface area contributed by atoms with Gasteiger partial charge in [0.25, 0.3) is 0 Å². The average Bonchev–Trinajstić information content (AvgIpc) is 2.46. The van der Waals surface area contributed by atoms with E-state index in [0.29, 0.717) is 13.1 Å². The number of nitrogens with zero attached hydrogens (tertiary/aromatic N) is 3. The largest absolute Gasteiger partial charge is 0.246 e. The van der Waals surface area contributed by atoms with Gasteiger partial charge in [-0.15, -0.1) is 0 Å². The van der Waals surface area contributed by atoms with Crippen LogP contribution in [0.4, 0.5) is 0 Å². The SMILES string of the molecule is CCN(Cc1ccccc1C)S(=O)(=O)c1cnc(Cl)nc1. The third-order valence-corrected chi connectivity index (χ3v) is 5.26. The van der Waals surface area contributed by atoms with Gasteiger partial charge >= 0.3 is 0 Å². The van der Waals surface area contributed by atoms with E-state index in [4.69, 9.17) is 11.6 Å². The van der Waals surface area contributed by atoms with Crippen LogP contribution in [-0.2, 0) is 16.6 Å². The van der Waals surface area contributed by atoms with Gasteiger partial charge in [-0.1, -0.05) is 31.2 Å². The minimum Gasteiger partial charge on any atom is -0.225 e. The third kappa shape index (κ3) is 3.58. The molecular formula is C14H16ClN3O2S. The van der Waals surface area contributed by atoms with Gasteiger partial charge in [0, 0.05) is 13.1 Å². The summed E-state index contributed by atoms with van der Waals surface area (Å²) in [5.74, 6) is 0. The van der Waals surface area contributed by atoms with Gasteiger partial charge in [0.1, 0.15) is 4.90 Å². The van der Waals surface area contributed by atoms with Crippen LogP contribution in [0.2, 0.25) is 5.28 Å². The van der Waals surface area contributed by atoms with Crippen molar-refractivity contribution in [3.05, 3.63) is 53.1 Å². The summed E-state index contributed by atoms with van der Waals surface area (Å²) in [5, 5.41) is 0.0240. The minimum atomic E-state index is -3.63. The summed E-state index contributed by atoms with van der Waals surface area (Å²) >= 11 is 5.60. The van der Waals surface area contributed by atoms with Crippen LogP contribution in [-0.4, -0.2) is 29.2 Å². The molecule has 1 heterocycles. The molecule has 0 saturated carbocycles. The Hall–Kier alpha value is -1.50. The first-order valence-electron chi connectivity index (χ1n) is 6.47. The van der Waals surface area contributed by atoms with E-state index < -0.39 is 10.0 Å². The van der Waals surface area contributed by atoms with Gasteiger partial charge in [-0.05, 0) is 29.7 Å². The molecule has 0 aliphatic carbocycles. The maximum absolute atomic E-state index is 12.6. The Morgan fingerprint density at radius 3 is 2.38 bits per heavy atom. The van der Waals surface area contributed by atoms with Crippen molar-refractivity contribution in [2.75, 3.05) is 6.54 Å². The van der Waals surface area contributed by atoms with Gasteiger partial charge in [-0.3, -0.25) is 0 Å². The minimum absolute atomic E-state index is 0.0240. The highest BCUT2D eigenvalue weighted by atomic mass is 35.5. The highest BCUT2D eigenvalue weighted by Gasteiger charge is 2.24. The highest BCUT2D eigenvalue weighted by molar-refractivity contribution is 7.89. The van der Waals surface area contributed by atoms with E-state index in [-0.39, 0.29) is 10.2 Å². The first kappa shape index (κ1) is 15.9. The van der Waals surface area contributed by atoms with Crippen molar-refractivity contribution < 1.29 is 8.42 Å². The van der Waals surface area contributed by atoms with Crippen molar-refractivity contribution in [2.45, 2.75) is 25.3 Å². The Morgan fingerprint density at radius 2 is 1.81 bits per heavy atom. The zero-order valence-corrected chi connectivity index (χ0v) is 13.4. The van der Waals surface area contributed by atoms with Crippen LogP contribution in [0.5, 0.6) is 0 Å². The smallest absolute Gasteiger partial charge is 0.225 e. The second kappa shape index (κ2) is 6.51. The molecule has 0 aliphatic heterocycles. The van der Waals surface area contributed by atoms with Gasteiger partial charge in [-0.25, -0.2) is 18.4 Å². The fraction of sp³-hybridized carbons (Fsp3) is 0.286. The average molecular weight is 326 g/mol. The number of sulfonamides is 1. The van der Waals surface area contributed by atoms with E-state index in [9.17, 15) is 8.42 Å². The molecule has 112 valence electrons. The van der Waals surface area contributed by atoms with Crippen LogP contribution in [0.15, 0.2) is 41.6 Å². The summed E-state index contributed by atoms with van der Waals surface area (Å²) in [7, 11) is -3.63. The molecule has 7 heteroatoms. The summed E-state index contributed by atoms with van der Waals surface area (Å²) in [6.45, 7) is 4.43. The van der Waals surface area contributed by atoms with Gasteiger partial charge < -0.3 is 0 Å². The molecule has 5 nitrogen and oxygen atoms in total. The Kier molecular flexibility index (Phi) is 4.92. The van der Waals surface area contributed by atoms with Crippen LogP contribution in [0.1, 0.15) is 18.1 Å². The predicted octanol–water partition coefficient (Wildman–Crippen LogP) is 2.65. The summed E-state index contributed by atoms with van der Waals surface area (Å²) in [6.07, 6.45) is 2.45. The molecule has 0 amide bonds. The maximum Gasteiger partial charge on any atom is 0.246 e. The van der Waals surface area contributed by atoms with Gasteiger partial charge in [-0.2, -0.15) is 4.31 Å². The molecule has 0 spiro atoms. The zero-order chi connectivity index (χ0) is 15.5. The first-order valence-corrected chi connectivity index (χ1v) is 8.29. The molecule has 21 heavy (non-hydrogen) atoms. The van der Waals surface area contributed by atoms with E-state index in [1.54, 1.807) is 6.92 Å². The molecule has 0 aliphatic rings. The normalized spacial score (nSPS) is 11.8. The molecule has 1 aromatic carbocycles. The lowest BCUT2D eigenvalue weighted by Gasteiger charge is -2.21. The van der Waals surface area contributed by atoms with Crippen LogP contribution in [0.3, 0.4) is 0 Å². The fourth-order valence-electron chi connectivity index (χ4n) is 1.93. The highest BCUT2D eigenvalue weighted by Crippen LogP contribution is 2.19. The van der Waals surface area contributed by atoms with E-state index in [1.165, 1.54) is 16.7 Å². The predicted molar refractivity (Wildman–Crippen MR) is 81.5 cm³/mol. The first-order chi connectivity index (χ1) is 9.95. The Bertz CT molecular complexity index is 717. The van der Waals surface area contributed by atoms with Gasteiger partial charge in [0.15, 0.2) is 0 Å². The fourth-order valence-corrected chi connectivity index (χ4v) is 3.34. The standard InChI is InChI=1S/C14H16ClN3O2S/c1-3-18(10-12-7-5-4-6-11(12)2)21(19,20)13-8-16-14(15)17-9-13/h4-9H,3,10H2,1-2H3. The number of rotatable bonds is 5. The van der Waals surface area contributed by atoms with Crippen molar-refractivity contribution in [3.8, 4) is 0 Å². The number of aromatic nitrogens is 2. The van der Waals surface area contributed by atoms with Crippen LogP contribution in [0.25, 0.3) is 0 Å². The molecule has 0 radical (unpaired) electrons. The third-order valence-electron chi connectivity index (χ3n) is 3.20. The summed E-state index contributed by atoms with van der Waals surface area (Å²) in [6, 6.07) is 7.71. The molecular weight excluding hydrogens is 310 g/mol. The maximum atomic E-state index is 12.6. The zero-order valence-electron chi connectivity index (χ0n) is 11.8. The van der Waals surface area contributed by atoms with Crippen molar-refractivity contribution >= 4 is 21.6 Å². The molecule has 0 fully saturated rings. The van der Waals surface area contributed by atoms with Crippen LogP contribution < -0.4 is 0 Å². The van der Waals surface area contributed by atoms with Crippen molar-refractivity contribution in [2.24, 2.45) is 0 Å². The number of benzene rings is 1. The van der Waals surface area contributed by atoms with Gasteiger partial charge in [0.2, 0.25) is 15.3 Å². The lowest BCUT2D eigenvalue weighted by atomic mass is 10.1. The van der Waals surface area contributed by atoms with Crippen LogP contribution in [0, 0.1) is 6.92 Å². The molecule has 1 aromatic heterocycles. The summed E-state index contributed by atoms with van der Waals surface area (Å²) in [4.78, 5) is 7.51. The second-order valence-electron chi connectivity index (χ2n) is 4.55. The van der Waals surface area contributed by atoms with E-state index in [1.807, 2.05) is 31.2 Å². The van der Waals surface area contributed by atoms with Crippen LogP contribution >= 0.6 is 11.6 Å². The Morgan fingerprint density at radius 1 is 1.19 bits per heavy atom. The molecule has 0 atom stereocenters. The van der Waals surface area contributed by atoms with Crippen molar-refractivity contribution in [3.63, 3.8) is 0 Å². The molecule has 0 N–H and O–H groups in total. The molecule has 2 rings (SSSR count). The molecule has 2 aromatic rings. The molecule has 0 bridgehead atoms. The van der Waals surface area contributed by atoms with Crippen molar-refractivity contribution in [1.82, 2.24) is 14.3 Å². The number of hydrogen-bond donors (Lipinski definition) is 0. The van der Waals surface area contributed by atoms with Gasteiger partial charge in [0.05, 0.1) is 12.4 Å². The quantitative estimate of drug-likeness (QED) is 0.793.